The van der Waals surface area contributed by atoms with Crippen LogP contribution >= 0.6 is 0 Å². The quantitative estimate of drug-likeness (QED) is 0.439. The number of benzene rings is 2. The van der Waals surface area contributed by atoms with Gasteiger partial charge in [0.25, 0.3) is 0 Å². The highest BCUT2D eigenvalue weighted by Gasteiger charge is 2.26. The van der Waals surface area contributed by atoms with Crippen LogP contribution < -0.4 is 0 Å². The van der Waals surface area contributed by atoms with E-state index < -0.39 is 0 Å². The van der Waals surface area contributed by atoms with Crippen LogP contribution in [0.4, 0.5) is 8.78 Å². The second-order valence-corrected chi connectivity index (χ2v) is 7.13. The van der Waals surface area contributed by atoms with Gasteiger partial charge in [0.15, 0.2) is 5.82 Å². The molecule has 0 bridgehead atoms. The summed E-state index contributed by atoms with van der Waals surface area (Å²) in [4.78, 5) is 13.3. The predicted octanol–water partition coefficient (Wildman–Crippen LogP) is 3.41. The van der Waals surface area contributed by atoms with Gasteiger partial charge in [-0.25, -0.2) is 23.4 Å². The lowest BCUT2D eigenvalue weighted by atomic mass is 10.1. The van der Waals surface area contributed by atoms with Crippen molar-refractivity contribution in [3.05, 3.63) is 83.9 Å². The van der Waals surface area contributed by atoms with Gasteiger partial charge in [0.1, 0.15) is 30.0 Å². The van der Waals surface area contributed by atoms with E-state index in [1.54, 1.807) is 29.2 Å². The van der Waals surface area contributed by atoms with Crippen molar-refractivity contribution in [2.75, 3.05) is 0 Å². The number of nitrogens with zero attached hydrogens (tertiary/aromatic N) is 7. The van der Waals surface area contributed by atoms with E-state index in [1.165, 1.54) is 30.6 Å². The number of fused-ring (bicyclic) bond motifs is 5. The van der Waals surface area contributed by atoms with E-state index in [2.05, 4.69) is 25.2 Å². The van der Waals surface area contributed by atoms with Gasteiger partial charge < -0.3 is 4.52 Å². The van der Waals surface area contributed by atoms with Crippen molar-refractivity contribution in [2.24, 2.45) is 0 Å². The molecule has 0 radical (unpaired) electrons. The fourth-order valence-corrected chi connectivity index (χ4v) is 3.75. The van der Waals surface area contributed by atoms with Crippen molar-refractivity contribution < 1.29 is 13.3 Å². The zero-order valence-corrected chi connectivity index (χ0v) is 15.9. The van der Waals surface area contributed by atoms with Crippen LogP contribution in [-0.2, 0) is 13.0 Å². The van der Waals surface area contributed by atoms with E-state index in [0.717, 1.165) is 16.9 Å². The van der Waals surface area contributed by atoms with Gasteiger partial charge in [-0.05, 0) is 35.9 Å². The predicted molar refractivity (Wildman–Crippen MR) is 104 cm³/mol. The van der Waals surface area contributed by atoms with Crippen molar-refractivity contribution in [1.82, 2.24) is 34.5 Å². The topological polar surface area (TPSA) is 87.5 Å². The molecule has 0 N–H and O–H groups in total. The lowest BCUT2D eigenvalue weighted by Gasteiger charge is -2.08. The molecule has 3 aromatic heterocycles. The lowest BCUT2D eigenvalue weighted by Crippen LogP contribution is -2.06. The smallest absolute Gasteiger partial charge is 0.231 e. The Bertz CT molecular complexity index is 1420. The third-order valence-electron chi connectivity index (χ3n) is 5.19. The fraction of sp³-hybridized carbons (Fsp3) is 0.0952. The van der Waals surface area contributed by atoms with Crippen molar-refractivity contribution in [3.8, 4) is 28.6 Å². The summed E-state index contributed by atoms with van der Waals surface area (Å²) in [5.74, 6) is 0.622. The van der Waals surface area contributed by atoms with Gasteiger partial charge >= 0.3 is 0 Å². The zero-order valence-electron chi connectivity index (χ0n) is 15.9. The summed E-state index contributed by atoms with van der Waals surface area (Å²) in [6.45, 7) is 0.350. The van der Waals surface area contributed by atoms with E-state index in [4.69, 9.17) is 4.52 Å². The molecule has 0 spiro atoms. The first-order valence-electron chi connectivity index (χ1n) is 9.47. The molecule has 0 saturated carbocycles. The molecule has 1 aliphatic rings. The van der Waals surface area contributed by atoms with Gasteiger partial charge in [-0.15, -0.1) is 0 Å². The SMILES string of the molecule is Fc1ccc(Cc2nc(-c3ncn4c3Cn3ncnc3-c3cc(F)ccc3-4)no2)cc1. The number of rotatable bonds is 3. The van der Waals surface area contributed by atoms with Crippen molar-refractivity contribution in [3.63, 3.8) is 0 Å². The number of imidazole rings is 1. The third-order valence-corrected chi connectivity index (χ3v) is 5.19. The van der Waals surface area contributed by atoms with Crippen LogP contribution in [0.3, 0.4) is 0 Å². The van der Waals surface area contributed by atoms with Gasteiger partial charge in [0, 0.05) is 5.56 Å². The largest absolute Gasteiger partial charge is 0.339 e. The number of aromatic nitrogens is 7. The van der Waals surface area contributed by atoms with E-state index >= 15 is 0 Å². The van der Waals surface area contributed by atoms with Crippen LogP contribution in [0.15, 0.2) is 59.6 Å². The van der Waals surface area contributed by atoms with Crippen LogP contribution in [0.5, 0.6) is 0 Å². The first kappa shape index (κ1) is 17.6. The molecule has 5 aromatic rings. The maximum Gasteiger partial charge on any atom is 0.231 e. The first-order chi connectivity index (χ1) is 15.2. The van der Waals surface area contributed by atoms with Crippen LogP contribution in [0.1, 0.15) is 17.1 Å². The highest BCUT2D eigenvalue weighted by Crippen LogP contribution is 2.33. The molecule has 0 saturated heterocycles. The molecule has 8 nitrogen and oxygen atoms in total. The Hall–Kier alpha value is -4.21. The standard InChI is InChI=1S/C21H13F2N7O/c22-13-3-1-12(2-4-13)7-18-27-20(28-31-18)19-17-9-30-21(24-10-26-30)15-8-14(23)5-6-16(15)29(17)11-25-19/h1-6,8,10-11H,7,9H2. The second kappa shape index (κ2) is 6.66. The van der Waals surface area contributed by atoms with Gasteiger partial charge in [-0.3, -0.25) is 4.57 Å². The minimum atomic E-state index is -0.360. The summed E-state index contributed by atoms with van der Waals surface area (Å²) in [6, 6.07) is 10.6. The first-order valence-corrected chi connectivity index (χ1v) is 9.47. The average Bonchev–Trinajstić information content (AvgIpc) is 3.49. The molecule has 10 heteroatoms. The summed E-state index contributed by atoms with van der Waals surface area (Å²) in [6.07, 6.45) is 3.45. The Morgan fingerprint density at radius 1 is 1.00 bits per heavy atom. The Morgan fingerprint density at radius 3 is 2.71 bits per heavy atom. The highest BCUT2D eigenvalue weighted by atomic mass is 19.1. The molecule has 0 amide bonds. The van der Waals surface area contributed by atoms with Gasteiger partial charge in [0.05, 0.1) is 24.3 Å². The van der Waals surface area contributed by atoms with E-state index in [9.17, 15) is 8.78 Å². The second-order valence-electron chi connectivity index (χ2n) is 7.13. The molecule has 1 aliphatic heterocycles. The number of halogens is 2. The normalized spacial score (nSPS) is 12.2. The van der Waals surface area contributed by atoms with Crippen molar-refractivity contribution >= 4 is 0 Å². The maximum absolute atomic E-state index is 13.9. The maximum atomic E-state index is 13.9. The van der Waals surface area contributed by atoms with E-state index in [1.807, 2.05) is 4.57 Å². The minimum absolute atomic E-state index is 0.302. The van der Waals surface area contributed by atoms with Gasteiger partial charge in [-0.2, -0.15) is 10.1 Å². The summed E-state index contributed by atoms with van der Waals surface area (Å²) in [7, 11) is 0. The highest BCUT2D eigenvalue weighted by molar-refractivity contribution is 5.70. The summed E-state index contributed by atoms with van der Waals surface area (Å²) < 4.78 is 36.0. The average molecular weight is 417 g/mol. The molecule has 31 heavy (non-hydrogen) atoms. The van der Waals surface area contributed by atoms with Crippen LogP contribution in [0.2, 0.25) is 0 Å². The fourth-order valence-electron chi connectivity index (χ4n) is 3.75. The summed E-state index contributed by atoms with van der Waals surface area (Å²) in [5, 5.41) is 8.36. The Balaban J connectivity index is 1.42. The van der Waals surface area contributed by atoms with Gasteiger partial charge in [-0.1, -0.05) is 17.3 Å². The molecule has 0 fully saturated rings. The van der Waals surface area contributed by atoms with Crippen LogP contribution in [0.25, 0.3) is 28.6 Å². The van der Waals surface area contributed by atoms with E-state index in [-0.39, 0.29) is 11.6 Å². The molecule has 0 aliphatic carbocycles. The molecule has 2 aromatic carbocycles. The number of hydrogen-bond acceptors (Lipinski definition) is 6. The van der Waals surface area contributed by atoms with Gasteiger partial charge in [0.2, 0.25) is 11.7 Å². The summed E-state index contributed by atoms with van der Waals surface area (Å²) in [5.41, 5.74) is 3.50. The lowest BCUT2D eigenvalue weighted by molar-refractivity contribution is 0.385. The van der Waals surface area contributed by atoms with Crippen LogP contribution in [-0.4, -0.2) is 34.5 Å². The third kappa shape index (κ3) is 2.91. The number of hydrogen-bond donors (Lipinski definition) is 0. The molecule has 4 heterocycles. The molecule has 0 atom stereocenters. The van der Waals surface area contributed by atoms with Crippen molar-refractivity contribution in [2.45, 2.75) is 13.0 Å². The molecular formula is C21H13F2N7O. The van der Waals surface area contributed by atoms with Crippen molar-refractivity contribution in [1.29, 1.82) is 0 Å². The van der Waals surface area contributed by atoms with E-state index in [0.29, 0.717) is 41.8 Å². The molecular weight excluding hydrogens is 404 g/mol. The Morgan fingerprint density at radius 2 is 1.84 bits per heavy atom. The molecule has 152 valence electrons. The minimum Gasteiger partial charge on any atom is -0.339 e. The summed E-state index contributed by atoms with van der Waals surface area (Å²) >= 11 is 0. The Kier molecular flexibility index (Phi) is 3.79. The van der Waals surface area contributed by atoms with Crippen LogP contribution in [0, 0.1) is 11.6 Å². The molecule has 0 unspecified atom stereocenters. The zero-order chi connectivity index (χ0) is 20.9. The Labute approximate surface area is 173 Å². The molecule has 6 rings (SSSR count). The monoisotopic (exact) mass is 417 g/mol.